The molecule has 14 heteroatoms. The van der Waals surface area contributed by atoms with E-state index in [1.54, 1.807) is 0 Å². The van der Waals surface area contributed by atoms with Gasteiger partial charge in [-0.3, -0.25) is 0 Å². The normalized spacial score (nSPS) is 16.5. The van der Waals surface area contributed by atoms with Gasteiger partial charge in [0.2, 0.25) is 0 Å². The van der Waals surface area contributed by atoms with E-state index in [1.807, 2.05) is 0 Å². The van der Waals surface area contributed by atoms with E-state index in [2.05, 4.69) is 0 Å². The summed E-state index contributed by atoms with van der Waals surface area (Å²) < 4.78 is 162. The smallest absolute Gasteiger partial charge is 0.195 e. The molecule has 0 aliphatic rings. The molecule has 0 aromatic rings. The number of halogens is 14. The molecule has 0 unspecified atom stereocenters. The Bertz CT molecular complexity index is 432. The minimum absolute atomic E-state index is 0.0399. The van der Waals surface area contributed by atoms with Crippen molar-refractivity contribution < 1.29 is 57.1 Å². The fourth-order valence-electron chi connectivity index (χ4n) is 0.965. The maximum atomic E-state index is 12.8. The standard InChI is InChI=1S/C8H2F13I/c9-3(10,1-2-22)4(11,12)5(13,14)6(15,16)7(17,18)8(19,20)21/h1-2H/b2-1-. The highest BCUT2D eigenvalue weighted by atomic mass is 127. The average Bonchev–Trinajstić information content (AvgIpc) is 2.26. The summed E-state index contributed by atoms with van der Waals surface area (Å²) in [6.07, 6.45) is -8.44. The first-order chi connectivity index (χ1) is 9.31. The summed E-state index contributed by atoms with van der Waals surface area (Å²) in [6, 6.07) is 0. The van der Waals surface area contributed by atoms with Crippen molar-refractivity contribution >= 4 is 22.6 Å². The number of allylic oxidation sites excluding steroid dienone is 1. The third-order valence-electron chi connectivity index (χ3n) is 2.23. The zero-order chi connectivity index (χ0) is 18.4. The topological polar surface area (TPSA) is 0 Å². The van der Waals surface area contributed by atoms with Crippen molar-refractivity contribution in [3.05, 3.63) is 10.2 Å². The van der Waals surface area contributed by atoms with Gasteiger partial charge in [-0.25, -0.2) is 0 Å². The summed E-state index contributed by atoms with van der Waals surface area (Å²) in [6.45, 7) is 0. The molecular formula is C8H2F13I. The highest BCUT2D eigenvalue weighted by molar-refractivity contribution is 14.1. The third-order valence-corrected chi connectivity index (χ3v) is 2.59. The quantitative estimate of drug-likeness (QED) is 0.358. The van der Waals surface area contributed by atoms with Crippen LogP contribution in [0.1, 0.15) is 0 Å². The van der Waals surface area contributed by atoms with Crippen molar-refractivity contribution in [2.75, 3.05) is 0 Å². The Kier molecular flexibility index (Phi) is 5.46. The van der Waals surface area contributed by atoms with Gasteiger partial charge < -0.3 is 0 Å². The fraction of sp³-hybridized carbons (Fsp3) is 0.750. The molecule has 0 aromatic heterocycles. The van der Waals surface area contributed by atoms with Crippen molar-refractivity contribution in [2.24, 2.45) is 0 Å². The molecule has 132 valence electrons. The SMILES string of the molecule is FC(F)(F)C(F)(F)C(F)(F)C(F)(F)C(F)(F)C(F)(F)/C=C\I. The molecule has 0 saturated carbocycles. The highest BCUT2D eigenvalue weighted by Crippen LogP contribution is 2.60. The lowest BCUT2D eigenvalue weighted by Crippen LogP contribution is -2.69. The van der Waals surface area contributed by atoms with E-state index >= 15 is 0 Å². The molecule has 0 atom stereocenters. The Morgan fingerprint density at radius 1 is 0.500 bits per heavy atom. The van der Waals surface area contributed by atoms with Gasteiger partial charge in [0.1, 0.15) is 0 Å². The Hall–Kier alpha value is -0.440. The van der Waals surface area contributed by atoms with Crippen molar-refractivity contribution in [2.45, 2.75) is 35.8 Å². The molecule has 0 nitrogen and oxygen atoms in total. The van der Waals surface area contributed by atoms with E-state index in [1.165, 1.54) is 0 Å². The summed E-state index contributed by atoms with van der Waals surface area (Å²) in [5.41, 5.74) is 0. The molecule has 0 N–H and O–H groups in total. The van der Waals surface area contributed by atoms with E-state index < -0.39 is 41.9 Å². The average molecular weight is 472 g/mol. The van der Waals surface area contributed by atoms with Crippen LogP contribution in [0.3, 0.4) is 0 Å². The number of hydrogen-bond acceptors (Lipinski definition) is 0. The van der Waals surface area contributed by atoms with Crippen LogP contribution in [0.2, 0.25) is 0 Å². The monoisotopic (exact) mass is 472 g/mol. The summed E-state index contributed by atoms with van der Waals surface area (Å²) in [5, 5.41) is 0. The zero-order valence-electron chi connectivity index (χ0n) is 9.45. The van der Waals surface area contributed by atoms with E-state index in [9.17, 15) is 57.1 Å². The molecule has 0 amide bonds. The van der Waals surface area contributed by atoms with Gasteiger partial charge in [0, 0.05) is 0 Å². The van der Waals surface area contributed by atoms with Gasteiger partial charge >= 0.3 is 35.8 Å². The predicted octanol–water partition coefficient (Wildman–Crippen LogP) is 5.67. The van der Waals surface area contributed by atoms with Crippen LogP contribution in [0.5, 0.6) is 0 Å². The molecular weight excluding hydrogens is 470 g/mol. The molecule has 0 saturated heterocycles. The maximum Gasteiger partial charge on any atom is 0.460 e. The zero-order valence-corrected chi connectivity index (χ0v) is 11.6. The van der Waals surface area contributed by atoms with Gasteiger partial charge in [0.15, 0.2) is 0 Å². The predicted molar refractivity (Wildman–Crippen MR) is 54.0 cm³/mol. The van der Waals surface area contributed by atoms with Crippen LogP contribution in [-0.4, -0.2) is 35.8 Å². The van der Waals surface area contributed by atoms with Gasteiger partial charge in [0.05, 0.1) is 0 Å². The Morgan fingerprint density at radius 3 is 1.09 bits per heavy atom. The summed E-state index contributed by atoms with van der Waals surface area (Å²) in [4.78, 5) is 0. The molecule has 22 heavy (non-hydrogen) atoms. The fourth-order valence-corrected chi connectivity index (χ4v) is 1.42. The Morgan fingerprint density at radius 2 is 0.818 bits per heavy atom. The number of alkyl halides is 13. The molecule has 0 bridgehead atoms. The van der Waals surface area contributed by atoms with E-state index in [4.69, 9.17) is 0 Å². The van der Waals surface area contributed by atoms with Crippen molar-refractivity contribution in [3.63, 3.8) is 0 Å². The molecule has 0 heterocycles. The van der Waals surface area contributed by atoms with Crippen molar-refractivity contribution in [1.82, 2.24) is 0 Å². The van der Waals surface area contributed by atoms with Gasteiger partial charge in [-0.15, -0.1) is 0 Å². The second-order valence-corrected chi connectivity index (χ2v) is 4.43. The third kappa shape index (κ3) is 2.86. The van der Waals surface area contributed by atoms with Crippen LogP contribution in [0.4, 0.5) is 57.1 Å². The highest BCUT2D eigenvalue weighted by Gasteiger charge is 2.90. The van der Waals surface area contributed by atoms with Gasteiger partial charge in [0.25, 0.3) is 0 Å². The second kappa shape index (κ2) is 5.58. The van der Waals surface area contributed by atoms with Crippen LogP contribution in [-0.2, 0) is 0 Å². The van der Waals surface area contributed by atoms with Gasteiger partial charge in [-0.05, 0) is 10.2 Å². The summed E-state index contributed by atoms with van der Waals surface area (Å²) in [5.74, 6) is -36.6. The first-order valence-corrected chi connectivity index (χ1v) is 5.79. The lowest BCUT2D eigenvalue weighted by Gasteiger charge is -2.39. The van der Waals surface area contributed by atoms with Crippen molar-refractivity contribution in [3.8, 4) is 0 Å². The van der Waals surface area contributed by atoms with Gasteiger partial charge in [-0.2, -0.15) is 57.1 Å². The van der Waals surface area contributed by atoms with Gasteiger partial charge in [-0.1, -0.05) is 22.6 Å². The minimum atomic E-state index is -7.84. The largest absolute Gasteiger partial charge is 0.460 e. The van der Waals surface area contributed by atoms with Crippen LogP contribution < -0.4 is 0 Å². The molecule has 0 aromatic carbocycles. The summed E-state index contributed by atoms with van der Waals surface area (Å²) in [7, 11) is 0. The lowest BCUT2D eigenvalue weighted by molar-refractivity contribution is -0.436. The Balaban J connectivity index is 6.23. The first kappa shape index (κ1) is 21.6. The maximum absolute atomic E-state index is 12.8. The molecule has 0 aliphatic carbocycles. The number of hydrogen-bond donors (Lipinski definition) is 0. The first-order valence-electron chi connectivity index (χ1n) is 4.55. The van der Waals surface area contributed by atoms with Crippen LogP contribution >= 0.6 is 22.6 Å². The summed E-state index contributed by atoms with van der Waals surface area (Å²) >= 11 is 0.776. The molecule has 0 spiro atoms. The molecule has 0 radical (unpaired) electrons. The van der Waals surface area contributed by atoms with Crippen LogP contribution in [0.15, 0.2) is 10.2 Å². The minimum Gasteiger partial charge on any atom is -0.195 e. The molecule has 0 aliphatic heterocycles. The van der Waals surface area contributed by atoms with E-state index in [0.29, 0.717) is 0 Å². The second-order valence-electron chi connectivity index (χ2n) is 3.71. The van der Waals surface area contributed by atoms with E-state index in [0.717, 1.165) is 22.6 Å². The Labute approximate surface area is 126 Å². The van der Waals surface area contributed by atoms with E-state index in [-0.39, 0.29) is 4.08 Å². The van der Waals surface area contributed by atoms with Crippen LogP contribution in [0.25, 0.3) is 0 Å². The lowest BCUT2D eigenvalue weighted by atomic mass is 9.94. The molecule has 0 rings (SSSR count). The number of rotatable bonds is 5. The van der Waals surface area contributed by atoms with Crippen LogP contribution in [0, 0.1) is 0 Å². The van der Waals surface area contributed by atoms with Crippen molar-refractivity contribution in [1.29, 1.82) is 0 Å². The molecule has 0 fully saturated rings.